The van der Waals surface area contributed by atoms with E-state index in [-0.39, 0.29) is 0 Å². The third-order valence-corrected chi connectivity index (χ3v) is 4.42. The second kappa shape index (κ2) is 18.7. The molecule has 0 rings (SSSR count). The average molecular weight is 310 g/mol. The minimum Gasteiger partial charge on any atom is -0.313 e. The van der Waals surface area contributed by atoms with Gasteiger partial charge in [-0.25, -0.2) is 0 Å². The Morgan fingerprint density at radius 3 is 1.50 bits per heavy atom. The van der Waals surface area contributed by atoms with Gasteiger partial charge < -0.3 is 5.32 Å². The first-order valence-electron chi connectivity index (χ1n) is 10.1. The lowest BCUT2D eigenvalue weighted by molar-refractivity contribution is 0.502. The van der Waals surface area contributed by atoms with Gasteiger partial charge in [0.05, 0.1) is 0 Å². The molecule has 0 amide bonds. The van der Waals surface area contributed by atoms with Gasteiger partial charge in [0, 0.05) is 6.54 Å². The van der Waals surface area contributed by atoms with Gasteiger partial charge in [0.25, 0.3) is 0 Å². The van der Waals surface area contributed by atoms with E-state index < -0.39 is 0 Å². The maximum Gasteiger partial charge on any atom is 0.0132 e. The lowest BCUT2D eigenvalue weighted by Crippen LogP contribution is -2.14. The van der Waals surface area contributed by atoms with Crippen molar-refractivity contribution in [1.82, 2.24) is 5.32 Å². The predicted octanol–water partition coefficient (Wildman–Crippen LogP) is 6.88. The summed E-state index contributed by atoms with van der Waals surface area (Å²) in [6.45, 7) is 10.5. The van der Waals surface area contributed by atoms with Crippen LogP contribution < -0.4 is 5.32 Å². The quantitative estimate of drug-likeness (QED) is 0.215. The van der Waals surface area contributed by atoms with E-state index >= 15 is 0 Å². The molecule has 0 aliphatic rings. The highest BCUT2D eigenvalue weighted by Gasteiger charge is 1.96. The summed E-state index contributed by atoms with van der Waals surface area (Å²) in [5, 5.41) is 3.37. The van der Waals surface area contributed by atoms with Gasteiger partial charge in [-0.3, -0.25) is 0 Å². The Balaban J connectivity index is 2.95. The van der Waals surface area contributed by atoms with Crippen molar-refractivity contribution in [2.45, 2.75) is 104 Å². The summed E-state index contributed by atoms with van der Waals surface area (Å²) in [7, 11) is 0. The molecule has 0 bridgehead atoms. The first kappa shape index (κ1) is 21.7. The van der Waals surface area contributed by atoms with Crippen molar-refractivity contribution < 1.29 is 0 Å². The van der Waals surface area contributed by atoms with Crippen LogP contribution >= 0.6 is 0 Å². The summed E-state index contributed by atoms with van der Waals surface area (Å²) in [4.78, 5) is 0. The van der Waals surface area contributed by atoms with Crippen molar-refractivity contribution in [3.05, 3.63) is 12.7 Å². The molecule has 0 saturated carbocycles. The Morgan fingerprint density at radius 2 is 1.09 bits per heavy atom. The molecule has 0 aliphatic heterocycles. The minimum absolute atomic E-state index is 0.892. The summed E-state index contributed by atoms with van der Waals surface area (Å²) in [6.07, 6.45) is 22.1. The van der Waals surface area contributed by atoms with E-state index in [1.54, 1.807) is 0 Å². The van der Waals surface area contributed by atoms with Gasteiger partial charge in [0.15, 0.2) is 0 Å². The van der Waals surface area contributed by atoms with Crippen molar-refractivity contribution in [1.29, 1.82) is 0 Å². The van der Waals surface area contributed by atoms with E-state index in [0.717, 1.165) is 19.0 Å². The zero-order chi connectivity index (χ0) is 16.3. The molecule has 0 fully saturated rings. The normalized spacial score (nSPS) is 11.2. The van der Waals surface area contributed by atoms with Crippen molar-refractivity contribution >= 4 is 0 Å². The third kappa shape index (κ3) is 19.7. The number of unbranched alkanes of at least 4 members (excludes halogenated alkanes) is 12. The molecule has 0 aromatic carbocycles. The molecule has 22 heavy (non-hydrogen) atoms. The van der Waals surface area contributed by atoms with Gasteiger partial charge in [-0.1, -0.05) is 103 Å². The van der Waals surface area contributed by atoms with E-state index in [4.69, 9.17) is 0 Å². The van der Waals surface area contributed by atoms with Crippen LogP contribution in [-0.4, -0.2) is 13.1 Å². The zero-order valence-corrected chi connectivity index (χ0v) is 15.7. The molecule has 0 atom stereocenters. The van der Waals surface area contributed by atoms with E-state index in [9.17, 15) is 0 Å². The number of rotatable bonds is 18. The predicted molar refractivity (Wildman–Crippen MR) is 103 cm³/mol. The van der Waals surface area contributed by atoms with E-state index in [0.29, 0.717) is 0 Å². The van der Waals surface area contributed by atoms with Crippen LogP contribution in [0.4, 0.5) is 0 Å². The first-order valence-corrected chi connectivity index (χ1v) is 10.1. The van der Waals surface area contributed by atoms with Crippen LogP contribution in [0, 0.1) is 5.92 Å². The third-order valence-electron chi connectivity index (χ3n) is 4.42. The Morgan fingerprint density at radius 1 is 0.682 bits per heavy atom. The van der Waals surface area contributed by atoms with Crippen LogP contribution in [0.2, 0.25) is 0 Å². The van der Waals surface area contributed by atoms with Crippen LogP contribution in [-0.2, 0) is 0 Å². The van der Waals surface area contributed by atoms with Crippen LogP contribution in [0.5, 0.6) is 0 Å². The van der Waals surface area contributed by atoms with Gasteiger partial charge in [-0.15, -0.1) is 6.58 Å². The maximum atomic E-state index is 3.71. The highest BCUT2D eigenvalue weighted by Crippen LogP contribution is 2.14. The van der Waals surface area contributed by atoms with Crippen molar-refractivity contribution in [3.63, 3.8) is 0 Å². The van der Waals surface area contributed by atoms with Crippen molar-refractivity contribution in [2.75, 3.05) is 13.1 Å². The molecule has 1 heteroatoms. The van der Waals surface area contributed by atoms with E-state index in [2.05, 4.69) is 25.7 Å². The molecule has 1 N–H and O–H groups in total. The molecule has 1 nitrogen and oxygen atoms in total. The van der Waals surface area contributed by atoms with Gasteiger partial charge >= 0.3 is 0 Å². The van der Waals surface area contributed by atoms with E-state index in [1.807, 2.05) is 6.08 Å². The molecule has 0 aromatic heterocycles. The Hall–Kier alpha value is -0.300. The lowest BCUT2D eigenvalue weighted by atomic mass is 10.0. The zero-order valence-electron chi connectivity index (χ0n) is 15.7. The van der Waals surface area contributed by atoms with Crippen LogP contribution in [0.15, 0.2) is 12.7 Å². The molecule has 0 saturated heterocycles. The standard InChI is InChI=1S/C21H43N/c1-4-19-22-20-17-15-13-11-9-7-5-6-8-10-12-14-16-18-21(2)3/h4,21-22H,1,5-20H2,2-3H3. The Kier molecular flexibility index (Phi) is 18.5. The fraction of sp³-hybridized carbons (Fsp3) is 0.905. The monoisotopic (exact) mass is 309 g/mol. The second-order valence-corrected chi connectivity index (χ2v) is 7.27. The van der Waals surface area contributed by atoms with Crippen LogP contribution in [0.3, 0.4) is 0 Å². The molecule has 0 aliphatic carbocycles. The topological polar surface area (TPSA) is 12.0 Å². The van der Waals surface area contributed by atoms with Gasteiger partial charge in [0.1, 0.15) is 0 Å². The largest absolute Gasteiger partial charge is 0.313 e. The number of nitrogens with one attached hydrogen (secondary N) is 1. The highest BCUT2D eigenvalue weighted by molar-refractivity contribution is 4.69. The van der Waals surface area contributed by atoms with Crippen LogP contribution in [0.25, 0.3) is 0 Å². The lowest BCUT2D eigenvalue weighted by Gasteiger charge is -2.05. The fourth-order valence-electron chi connectivity index (χ4n) is 2.95. The molecule has 0 heterocycles. The van der Waals surface area contributed by atoms with Gasteiger partial charge in [-0.05, 0) is 18.9 Å². The smallest absolute Gasteiger partial charge is 0.0132 e. The fourth-order valence-corrected chi connectivity index (χ4v) is 2.95. The summed E-state index contributed by atoms with van der Waals surface area (Å²) in [5.74, 6) is 0.892. The summed E-state index contributed by atoms with van der Waals surface area (Å²) >= 11 is 0. The SMILES string of the molecule is C=CCNCCCCCCCCCCCCCCCC(C)C. The van der Waals surface area contributed by atoms with Gasteiger partial charge in [-0.2, -0.15) is 0 Å². The second-order valence-electron chi connectivity index (χ2n) is 7.27. The van der Waals surface area contributed by atoms with Crippen molar-refractivity contribution in [3.8, 4) is 0 Å². The number of hydrogen-bond donors (Lipinski definition) is 1. The Labute approximate surface area is 141 Å². The van der Waals surface area contributed by atoms with E-state index in [1.165, 1.54) is 89.9 Å². The summed E-state index contributed by atoms with van der Waals surface area (Å²) in [5.41, 5.74) is 0. The molecule has 0 unspecified atom stereocenters. The average Bonchev–Trinajstić information content (AvgIpc) is 2.50. The van der Waals surface area contributed by atoms with Crippen LogP contribution in [0.1, 0.15) is 104 Å². The first-order chi connectivity index (χ1) is 10.8. The van der Waals surface area contributed by atoms with Crippen molar-refractivity contribution in [2.24, 2.45) is 5.92 Å². The van der Waals surface area contributed by atoms with Gasteiger partial charge in [0.2, 0.25) is 0 Å². The Bertz CT molecular complexity index is 210. The number of hydrogen-bond acceptors (Lipinski definition) is 1. The summed E-state index contributed by atoms with van der Waals surface area (Å²) in [6, 6.07) is 0. The maximum absolute atomic E-state index is 3.71. The highest BCUT2D eigenvalue weighted by atomic mass is 14.8. The molecule has 0 radical (unpaired) electrons. The molecular formula is C21H43N. The summed E-state index contributed by atoms with van der Waals surface area (Å²) < 4.78 is 0. The molecule has 132 valence electrons. The minimum atomic E-state index is 0.892. The molecule has 0 aromatic rings. The molecular weight excluding hydrogens is 266 g/mol. The molecule has 0 spiro atoms.